The van der Waals surface area contributed by atoms with E-state index in [0.29, 0.717) is 13.1 Å². The Balaban J connectivity index is 1.42. The first kappa shape index (κ1) is 16.6. The van der Waals surface area contributed by atoms with Gasteiger partial charge in [-0.3, -0.25) is 9.59 Å². The van der Waals surface area contributed by atoms with Crippen LogP contribution in [0.15, 0.2) is 35.4 Å². The number of carbonyl (C=O) groups excluding carboxylic acids is 2. The largest absolute Gasteiger partial charge is 0.376 e. The average Bonchev–Trinajstić information content (AvgIpc) is 3.30. The maximum absolute atomic E-state index is 12.2. The number of nitrogens with zero attached hydrogens (tertiary/aromatic N) is 2. The van der Waals surface area contributed by atoms with Crippen molar-refractivity contribution in [2.75, 3.05) is 19.7 Å². The van der Waals surface area contributed by atoms with Gasteiger partial charge in [-0.2, -0.15) is 5.10 Å². The summed E-state index contributed by atoms with van der Waals surface area (Å²) in [4.78, 5) is 24.0. The molecule has 0 radical (unpaired) electrons. The Morgan fingerprint density at radius 2 is 2.08 bits per heavy atom. The van der Waals surface area contributed by atoms with Gasteiger partial charge in [0.25, 0.3) is 0 Å². The Morgan fingerprint density at radius 1 is 1.25 bits per heavy atom. The molecular formula is C18H23N3O3. The number of rotatable bonds is 6. The van der Waals surface area contributed by atoms with Crippen molar-refractivity contribution >= 4 is 17.5 Å². The molecule has 1 N–H and O–H groups in total. The lowest BCUT2D eigenvalue weighted by atomic mass is 10.1. The third kappa shape index (κ3) is 4.41. The van der Waals surface area contributed by atoms with Crippen LogP contribution in [-0.4, -0.2) is 48.3 Å². The van der Waals surface area contributed by atoms with Crippen molar-refractivity contribution in [3.05, 3.63) is 35.9 Å². The topological polar surface area (TPSA) is 71.0 Å². The van der Waals surface area contributed by atoms with Crippen LogP contribution in [0.25, 0.3) is 0 Å². The third-order valence-corrected chi connectivity index (χ3v) is 4.31. The summed E-state index contributed by atoms with van der Waals surface area (Å²) >= 11 is 0. The highest BCUT2D eigenvalue weighted by atomic mass is 16.5. The Kier molecular flexibility index (Phi) is 5.59. The fourth-order valence-electron chi connectivity index (χ4n) is 2.94. The van der Waals surface area contributed by atoms with E-state index < -0.39 is 0 Å². The number of ether oxygens (including phenoxy) is 1. The molecule has 24 heavy (non-hydrogen) atoms. The molecule has 3 rings (SSSR count). The van der Waals surface area contributed by atoms with Gasteiger partial charge in [0.1, 0.15) is 0 Å². The molecule has 0 saturated carbocycles. The zero-order valence-electron chi connectivity index (χ0n) is 13.7. The number of hydrogen-bond donors (Lipinski definition) is 1. The minimum absolute atomic E-state index is 0.104. The second kappa shape index (κ2) is 8.06. The zero-order chi connectivity index (χ0) is 16.8. The maximum Gasteiger partial charge on any atom is 0.243 e. The quantitative estimate of drug-likeness (QED) is 0.863. The lowest BCUT2D eigenvalue weighted by molar-refractivity contribution is -0.133. The molecule has 0 aromatic heterocycles. The van der Waals surface area contributed by atoms with E-state index in [-0.39, 0.29) is 30.8 Å². The summed E-state index contributed by atoms with van der Waals surface area (Å²) in [5.41, 5.74) is 1.97. The second-order valence-corrected chi connectivity index (χ2v) is 6.12. The van der Waals surface area contributed by atoms with Gasteiger partial charge in [0, 0.05) is 32.4 Å². The van der Waals surface area contributed by atoms with E-state index in [0.717, 1.165) is 37.1 Å². The predicted molar refractivity (Wildman–Crippen MR) is 90.5 cm³/mol. The van der Waals surface area contributed by atoms with E-state index in [1.807, 2.05) is 30.3 Å². The van der Waals surface area contributed by atoms with Crippen LogP contribution >= 0.6 is 0 Å². The number of benzene rings is 1. The minimum atomic E-state index is -0.106. The normalized spacial score (nSPS) is 20.1. The lowest BCUT2D eigenvalue weighted by Gasteiger charge is -2.12. The minimum Gasteiger partial charge on any atom is -0.376 e. The van der Waals surface area contributed by atoms with Crippen molar-refractivity contribution in [3.63, 3.8) is 0 Å². The van der Waals surface area contributed by atoms with Crippen LogP contribution in [0.1, 0.15) is 37.7 Å². The van der Waals surface area contributed by atoms with Crippen molar-refractivity contribution in [1.29, 1.82) is 0 Å². The monoisotopic (exact) mass is 329 g/mol. The average molecular weight is 329 g/mol. The van der Waals surface area contributed by atoms with E-state index in [2.05, 4.69) is 10.4 Å². The molecule has 2 aliphatic heterocycles. The van der Waals surface area contributed by atoms with E-state index in [9.17, 15) is 9.59 Å². The van der Waals surface area contributed by atoms with Crippen LogP contribution in [0.2, 0.25) is 0 Å². The molecule has 2 aliphatic rings. The number of hydrazone groups is 1. The van der Waals surface area contributed by atoms with Crippen LogP contribution < -0.4 is 5.32 Å². The standard InChI is InChI=1S/C18H23N3O3/c22-17(19-13-15-7-4-12-24-15)8-9-18(23)21-11-10-16(20-21)14-5-2-1-3-6-14/h1-3,5-6,15H,4,7-13H2,(H,19,22). The van der Waals surface area contributed by atoms with Crippen molar-refractivity contribution in [3.8, 4) is 0 Å². The molecule has 128 valence electrons. The zero-order valence-corrected chi connectivity index (χ0v) is 13.7. The summed E-state index contributed by atoms with van der Waals surface area (Å²) in [6, 6.07) is 9.86. The van der Waals surface area contributed by atoms with Gasteiger partial charge in [-0.15, -0.1) is 0 Å². The van der Waals surface area contributed by atoms with E-state index in [1.54, 1.807) is 0 Å². The Labute approximate surface area is 141 Å². The summed E-state index contributed by atoms with van der Waals surface area (Å²) in [7, 11) is 0. The molecule has 0 aliphatic carbocycles. The predicted octanol–water partition coefficient (Wildman–Crippen LogP) is 1.70. The fraction of sp³-hybridized carbons (Fsp3) is 0.500. The lowest BCUT2D eigenvalue weighted by Crippen LogP contribution is -2.33. The van der Waals surface area contributed by atoms with E-state index >= 15 is 0 Å². The molecule has 6 nitrogen and oxygen atoms in total. The number of carbonyl (C=O) groups is 2. The molecule has 6 heteroatoms. The fourth-order valence-corrected chi connectivity index (χ4v) is 2.94. The number of nitrogens with one attached hydrogen (secondary N) is 1. The van der Waals surface area contributed by atoms with Crippen LogP contribution in [-0.2, 0) is 14.3 Å². The third-order valence-electron chi connectivity index (χ3n) is 4.31. The van der Waals surface area contributed by atoms with Crippen LogP contribution in [0, 0.1) is 0 Å². The van der Waals surface area contributed by atoms with Crippen molar-refractivity contribution in [1.82, 2.24) is 10.3 Å². The van der Waals surface area contributed by atoms with Crippen LogP contribution in [0.5, 0.6) is 0 Å². The molecule has 1 aromatic rings. The second-order valence-electron chi connectivity index (χ2n) is 6.12. The Hall–Kier alpha value is -2.21. The molecule has 2 heterocycles. The summed E-state index contributed by atoms with van der Waals surface area (Å²) in [5.74, 6) is -0.210. The number of amides is 2. The van der Waals surface area contributed by atoms with Gasteiger partial charge in [-0.25, -0.2) is 5.01 Å². The highest BCUT2D eigenvalue weighted by Crippen LogP contribution is 2.15. The molecule has 0 spiro atoms. The van der Waals surface area contributed by atoms with Gasteiger partial charge in [-0.1, -0.05) is 30.3 Å². The molecular weight excluding hydrogens is 306 g/mol. The molecule has 1 unspecified atom stereocenters. The van der Waals surface area contributed by atoms with Crippen molar-refractivity contribution < 1.29 is 14.3 Å². The van der Waals surface area contributed by atoms with E-state index in [1.165, 1.54) is 5.01 Å². The van der Waals surface area contributed by atoms with Crippen LogP contribution in [0.4, 0.5) is 0 Å². The SMILES string of the molecule is O=C(CCC(=O)N1CCC(c2ccccc2)=N1)NCC1CCCO1. The Morgan fingerprint density at radius 3 is 2.83 bits per heavy atom. The first-order valence-electron chi connectivity index (χ1n) is 8.54. The molecule has 1 atom stereocenters. The van der Waals surface area contributed by atoms with Gasteiger partial charge in [0.2, 0.25) is 11.8 Å². The maximum atomic E-state index is 12.2. The number of hydrogen-bond acceptors (Lipinski definition) is 4. The summed E-state index contributed by atoms with van der Waals surface area (Å²) in [6.07, 6.45) is 3.29. The van der Waals surface area contributed by atoms with Gasteiger partial charge < -0.3 is 10.1 Å². The molecule has 1 aromatic carbocycles. The van der Waals surface area contributed by atoms with Crippen molar-refractivity contribution in [2.24, 2.45) is 5.10 Å². The van der Waals surface area contributed by atoms with Crippen molar-refractivity contribution in [2.45, 2.75) is 38.2 Å². The van der Waals surface area contributed by atoms with Crippen LogP contribution in [0.3, 0.4) is 0 Å². The highest BCUT2D eigenvalue weighted by Gasteiger charge is 2.22. The highest BCUT2D eigenvalue weighted by molar-refractivity contribution is 6.02. The van der Waals surface area contributed by atoms with Gasteiger partial charge in [0.15, 0.2) is 0 Å². The smallest absolute Gasteiger partial charge is 0.243 e. The van der Waals surface area contributed by atoms with Gasteiger partial charge in [0.05, 0.1) is 18.4 Å². The summed E-state index contributed by atoms with van der Waals surface area (Å²) in [5, 5.41) is 8.71. The molecule has 0 bridgehead atoms. The molecule has 1 saturated heterocycles. The van der Waals surface area contributed by atoms with E-state index in [4.69, 9.17) is 4.74 Å². The first-order chi connectivity index (χ1) is 11.7. The molecule has 2 amide bonds. The van der Waals surface area contributed by atoms with Gasteiger partial charge in [-0.05, 0) is 18.4 Å². The molecule has 1 fully saturated rings. The summed E-state index contributed by atoms with van der Waals surface area (Å²) < 4.78 is 5.46. The first-order valence-corrected chi connectivity index (χ1v) is 8.54. The Bertz CT molecular complexity index is 609. The van der Waals surface area contributed by atoms with Gasteiger partial charge >= 0.3 is 0 Å². The summed E-state index contributed by atoms with van der Waals surface area (Å²) in [6.45, 7) is 1.89.